The maximum Gasteiger partial charge on any atom is 0.319 e. The van der Waals surface area contributed by atoms with Crippen LogP contribution in [0.1, 0.15) is 10.4 Å². The first kappa shape index (κ1) is 12.8. The molecule has 0 atom stereocenters. The molecular weight excluding hydrogens is 274 g/mol. The lowest BCUT2D eigenvalue weighted by molar-refractivity contribution is -0.385. The van der Waals surface area contributed by atoms with E-state index in [4.69, 9.17) is 11.6 Å². The van der Waals surface area contributed by atoms with Gasteiger partial charge in [-0.15, -0.1) is 5.10 Å². The van der Waals surface area contributed by atoms with Gasteiger partial charge in [0.2, 0.25) is 5.15 Å². The van der Waals surface area contributed by atoms with E-state index < -0.39 is 16.5 Å². The summed E-state index contributed by atoms with van der Waals surface area (Å²) in [5.41, 5.74) is -0.749. The van der Waals surface area contributed by atoms with Crippen molar-refractivity contribution in [1.29, 1.82) is 0 Å². The van der Waals surface area contributed by atoms with Gasteiger partial charge in [-0.1, -0.05) is 11.6 Å². The minimum absolute atomic E-state index is 0.176. The van der Waals surface area contributed by atoms with Crippen molar-refractivity contribution in [2.24, 2.45) is 0 Å². The number of aromatic nitrogens is 3. The second-order valence-corrected chi connectivity index (χ2v) is 3.68. The molecule has 0 bridgehead atoms. The molecule has 0 saturated carbocycles. The van der Waals surface area contributed by atoms with E-state index in [-0.39, 0.29) is 16.5 Å². The topological polar surface area (TPSA) is 111 Å². The van der Waals surface area contributed by atoms with Gasteiger partial charge >= 0.3 is 5.69 Å². The Labute approximate surface area is 111 Å². The molecule has 2 rings (SSSR count). The summed E-state index contributed by atoms with van der Waals surface area (Å²) in [7, 11) is 0. The SMILES string of the molecule is O=C(Nc1cccnn1)c1ccnc(Cl)c1[N+](=O)[O-]. The second-order valence-electron chi connectivity index (χ2n) is 3.32. The van der Waals surface area contributed by atoms with Gasteiger partial charge in [-0.05, 0) is 18.2 Å². The van der Waals surface area contributed by atoms with Gasteiger partial charge < -0.3 is 5.32 Å². The van der Waals surface area contributed by atoms with Crippen LogP contribution in [0.15, 0.2) is 30.6 Å². The fourth-order valence-electron chi connectivity index (χ4n) is 1.34. The average Bonchev–Trinajstić information content (AvgIpc) is 2.39. The average molecular weight is 280 g/mol. The van der Waals surface area contributed by atoms with Crippen LogP contribution in [-0.2, 0) is 0 Å². The Bertz CT molecular complexity index is 634. The largest absolute Gasteiger partial charge is 0.319 e. The normalized spacial score (nSPS) is 9.95. The molecule has 2 aromatic heterocycles. The van der Waals surface area contributed by atoms with Gasteiger partial charge in [0, 0.05) is 12.4 Å². The second kappa shape index (κ2) is 5.36. The maximum absolute atomic E-state index is 11.9. The molecule has 8 nitrogen and oxygen atoms in total. The Morgan fingerprint density at radius 2 is 2.16 bits per heavy atom. The van der Waals surface area contributed by atoms with Crippen LogP contribution in [0.2, 0.25) is 5.15 Å². The molecule has 0 fully saturated rings. The zero-order chi connectivity index (χ0) is 13.8. The Morgan fingerprint density at radius 3 is 2.79 bits per heavy atom. The van der Waals surface area contributed by atoms with Crippen LogP contribution >= 0.6 is 11.6 Å². The van der Waals surface area contributed by atoms with Gasteiger partial charge in [-0.3, -0.25) is 14.9 Å². The quantitative estimate of drug-likeness (QED) is 0.520. The number of nitrogens with one attached hydrogen (secondary N) is 1. The first-order valence-corrected chi connectivity index (χ1v) is 5.35. The number of carbonyl (C=O) groups is 1. The third kappa shape index (κ3) is 2.80. The van der Waals surface area contributed by atoms with Gasteiger partial charge in [-0.25, -0.2) is 4.98 Å². The fraction of sp³-hybridized carbons (Fsp3) is 0. The van der Waals surface area contributed by atoms with Gasteiger partial charge in [0.1, 0.15) is 5.56 Å². The highest BCUT2D eigenvalue weighted by molar-refractivity contribution is 6.32. The molecule has 0 radical (unpaired) electrons. The molecule has 0 aliphatic carbocycles. The summed E-state index contributed by atoms with van der Waals surface area (Å²) >= 11 is 5.61. The Morgan fingerprint density at radius 1 is 1.37 bits per heavy atom. The third-order valence-corrected chi connectivity index (χ3v) is 2.40. The van der Waals surface area contributed by atoms with Gasteiger partial charge in [0.25, 0.3) is 5.91 Å². The molecule has 1 N–H and O–H groups in total. The van der Waals surface area contributed by atoms with Gasteiger partial charge in [-0.2, -0.15) is 5.10 Å². The summed E-state index contributed by atoms with van der Waals surface area (Å²) in [6.07, 6.45) is 2.64. The molecule has 2 aromatic rings. The molecule has 0 saturated heterocycles. The minimum atomic E-state index is -0.763. The highest BCUT2D eigenvalue weighted by atomic mass is 35.5. The predicted octanol–water partition coefficient (Wildman–Crippen LogP) is 1.69. The summed E-state index contributed by atoms with van der Waals surface area (Å²) in [6.45, 7) is 0. The monoisotopic (exact) mass is 279 g/mol. The highest BCUT2D eigenvalue weighted by Gasteiger charge is 2.24. The van der Waals surface area contributed by atoms with Crippen LogP contribution in [0.25, 0.3) is 0 Å². The molecular formula is C10H6ClN5O3. The Kier molecular flexibility index (Phi) is 3.62. The Balaban J connectivity index is 2.35. The molecule has 0 spiro atoms. The highest BCUT2D eigenvalue weighted by Crippen LogP contribution is 2.26. The van der Waals surface area contributed by atoms with E-state index in [2.05, 4.69) is 20.5 Å². The lowest BCUT2D eigenvalue weighted by Gasteiger charge is -2.04. The minimum Gasteiger partial charge on any atom is -0.305 e. The lowest BCUT2D eigenvalue weighted by atomic mass is 10.2. The number of amides is 1. The van der Waals surface area contributed by atoms with E-state index in [1.807, 2.05) is 0 Å². The number of nitrogens with zero attached hydrogens (tertiary/aromatic N) is 4. The van der Waals surface area contributed by atoms with Crippen molar-refractivity contribution in [3.8, 4) is 0 Å². The summed E-state index contributed by atoms with van der Waals surface area (Å²) in [5, 5.41) is 20.1. The first-order valence-electron chi connectivity index (χ1n) is 4.97. The molecule has 0 aliphatic heterocycles. The van der Waals surface area contributed by atoms with Crippen LogP contribution in [-0.4, -0.2) is 26.0 Å². The molecule has 96 valence electrons. The van der Waals surface area contributed by atoms with E-state index in [0.29, 0.717) is 0 Å². The summed E-state index contributed by atoms with van der Waals surface area (Å²) in [6, 6.07) is 4.27. The summed E-state index contributed by atoms with van der Waals surface area (Å²) in [5.74, 6) is -0.536. The zero-order valence-corrected chi connectivity index (χ0v) is 10.0. The molecule has 1 amide bonds. The molecule has 9 heteroatoms. The number of carbonyl (C=O) groups excluding carboxylic acids is 1. The zero-order valence-electron chi connectivity index (χ0n) is 9.28. The van der Waals surface area contributed by atoms with E-state index in [1.165, 1.54) is 24.5 Å². The number of nitro groups is 1. The van der Waals surface area contributed by atoms with Crippen LogP contribution in [0.5, 0.6) is 0 Å². The number of hydrogen-bond acceptors (Lipinski definition) is 6. The predicted molar refractivity (Wildman–Crippen MR) is 65.9 cm³/mol. The molecule has 0 unspecified atom stereocenters. The number of anilines is 1. The van der Waals surface area contributed by atoms with Crippen LogP contribution in [0, 0.1) is 10.1 Å². The lowest BCUT2D eigenvalue weighted by Crippen LogP contribution is -2.15. The van der Waals surface area contributed by atoms with Gasteiger partial charge in [0.05, 0.1) is 4.92 Å². The smallest absolute Gasteiger partial charge is 0.305 e. The van der Waals surface area contributed by atoms with Crippen molar-refractivity contribution < 1.29 is 9.72 Å². The van der Waals surface area contributed by atoms with Crippen LogP contribution in [0.3, 0.4) is 0 Å². The van der Waals surface area contributed by atoms with E-state index in [1.54, 1.807) is 6.07 Å². The van der Waals surface area contributed by atoms with E-state index >= 15 is 0 Å². The number of pyridine rings is 1. The van der Waals surface area contributed by atoms with Crippen LogP contribution in [0.4, 0.5) is 11.5 Å². The number of halogens is 1. The Hall–Kier alpha value is -2.61. The molecule has 0 aromatic carbocycles. The van der Waals surface area contributed by atoms with E-state index in [9.17, 15) is 14.9 Å². The number of hydrogen-bond donors (Lipinski definition) is 1. The van der Waals surface area contributed by atoms with E-state index in [0.717, 1.165) is 0 Å². The molecule has 2 heterocycles. The summed E-state index contributed by atoms with van der Waals surface area (Å²) in [4.78, 5) is 25.6. The molecule has 0 aliphatic rings. The molecule has 19 heavy (non-hydrogen) atoms. The van der Waals surface area contributed by atoms with Crippen molar-refractivity contribution in [1.82, 2.24) is 15.2 Å². The van der Waals surface area contributed by atoms with Crippen molar-refractivity contribution in [2.75, 3.05) is 5.32 Å². The van der Waals surface area contributed by atoms with Crippen molar-refractivity contribution in [2.45, 2.75) is 0 Å². The van der Waals surface area contributed by atoms with Crippen LogP contribution < -0.4 is 5.32 Å². The van der Waals surface area contributed by atoms with Crippen molar-refractivity contribution >= 4 is 29.0 Å². The third-order valence-electron chi connectivity index (χ3n) is 2.12. The summed E-state index contributed by atoms with van der Waals surface area (Å²) < 4.78 is 0. The number of rotatable bonds is 3. The van der Waals surface area contributed by atoms with Crippen molar-refractivity contribution in [3.05, 3.63) is 51.4 Å². The van der Waals surface area contributed by atoms with Crippen molar-refractivity contribution in [3.63, 3.8) is 0 Å². The first-order chi connectivity index (χ1) is 9.09. The maximum atomic E-state index is 11.9. The fourth-order valence-corrected chi connectivity index (χ4v) is 1.56. The van der Waals surface area contributed by atoms with Gasteiger partial charge in [0.15, 0.2) is 5.82 Å². The standard InChI is InChI=1S/C10H6ClN5O3/c11-9-8(16(18)19)6(3-5-12-9)10(17)14-7-2-1-4-13-15-7/h1-5H,(H,14,15,17).